The van der Waals surface area contributed by atoms with E-state index < -0.39 is 0 Å². The van der Waals surface area contributed by atoms with Gasteiger partial charge in [-0.15, -0.1) is 0 Å². The molecule has 94 valence electrons. The second-order valence-corrected chi connectivity index (χ2v) is 4.72. The SMILES string of the molecule is CCC(CN)CC(=O)N1CCC(CO)CC1. The van der Waals surface area contributed by atoms with E-state index in [1.54, 1.807) is 0 Å². The van der Waals surface area contributed by atoms with E-state index in [-0.39, 0.29) is 12.5 Å². The van der Waals surface area contributed by atoms with Gasteiger partial charge in [-0.25, -0.2) is 0 Å². The Morgan fingerprint density at radius 2 is 2.12 bits per heavy atom. The van der Waals surface area contributed by atoms with E-state index in [0.717, 1.165) is 32.4 Å². The van der Waals surface area contributed by atoms with Gasteiger partial charge in [0.2, 0.25) is 5.91 Å². The molecule has 3 N–H and O–H groups in total. The number of nitrogens with zero attached hydrogens (tertiary/aromatic N) is 1. The summed E-state index contributed by atoms with van der Waals surface area (Å²) in [6.45, 7) is 4.51. The molecule has 0 radical (unpaired) electrons. The van der Waals surface area contributed by atoms with Crippen LogP contribution in [0.1, 0.15) is 32.6 Å². The fourth-order valence-electron chi connectivity index (χ4n) is 2.14. The Morgan fingerprint density at radius 3 is 2.56 bits per heavy atom. The summed E-state index contributed by atoms with van der Waals surface area (Å²) in [7, 11) is 0. The van der Waals surface area contributed by atoms with E-state index in [2.05, 4.69) is 6.92 Å². The second-order valence-electron chi connectivity index (χ2n) is 4.72. The molecule has 16 heavy (non-hydrogen) atoms. The summed E-state index contributed by atoms with van der Waals surface area (Å²) < 4.78 is 0. The maximum absolute atomic E-state index is 11.9. The summed E-state index contributed by atoms with van der Waals surface area (Å²) in [6, 6.07) is 0. The molecule has 1 heterocycles. The molecule has 1 fully saturated rings. The predicted molar refractivity (Wildman–Crippen MR) is 63.8 cm³/mol. The largest absolute Gasteiger partial charge is 0.396 e. The summed E-state index contributed by atoms with van der Waals surface area (Å²) >= 11 is 0. The van der Waals surface area contributed by atoms with Gasteiger partial charge in [0.15, 0.2) is 0 Å². The molecule has 1 aliphatic rings. The van der Waals surface area contributed by atoms with E-state index in [0.29, 0.717) is 24.8 Å². The average molecular weight is 228 g/mol. The van der Waals surface area contributed by atoms with E-state index in [1.807, 2.05) is 4.90 Å². The molecule has 0 spiro atoms. The highest BCUT2D eigenvalue weighted by molar-refractivity contribution is 5.76. The van der Waals surface area contributed by atoms with Crippen molar-refractivity contribution < 1.29 is 9.90 Å². The average Bonchev–Trinajstić information content (AvgIpc) is 2.35. The molecule has 0 saturated carbocycles. The number of piperidine rings is 1. The number of rotatable bonds is 5. The minimum absolute atomic E-state index is 0.230. The number of hydrogen-bond donors (Lipinski definition) is 2. The van der Waals surface area contributed by atoms with Crippen LogP contribution >= 0.6 is 0 Å². The molecule has 1 atom stereocenters. The molecule has 1 saturated heterocycles. The Hall–Kier alpha value is -0.610. The number of carbonyl (C=O) groups is 1. The molecule has 1 unspecified atom stereocenters. The Labute approximate surface area is 97.8 Å². The van der Waals surface area contributed by atoms with Crippen LogP contribution in [-0.2, 0) is 4.79 Å². The number of hydrogen-bond acceptors (Lipinski definition) is 3. The van der Waals surface area contributed by atoms with Crippen LogP contribution in [0.5, 0.6) is 0 Å². The van der Waals surface area contributed by atoms with E-state index in [9.17, 15) is 4.79 Å². The van der Waals surface area contributed by atoms with E-state index in [4.69, 9.17) is 10.8 Å². The fourth-order valence-corrected chi connectivity index (χ4v) is 2.14. The second kappa shape index (κ2) is 6.86. The number of amides is 1. The molecule has 1 amide bonds. The lowest BCUT2D eigenvalue weighted by Gasteiger charge is -2.32. The fraction of sp³-hybridized carbons (Fsp3) is 0.917. The lowest BCUT2D eigenvalue weighted by molar-refractivity contribution is -0.133. The van der Waals surface area contributed by atoms with Crippen LogP contribution in [0.3, 0.4) is 0 Å². The van der Waals surface area contributed by atoms with Crippen LogP contribution in [0.25, 0.3) is 0 Å². The van der Waals surface area contributed by atoms with Crippen molar-refractivity contribution in [2.24, 2.45) is 17.6 Å². The van der Waals surface area contributed by atoms with Gasteiger partial charge in [-0.05, 0) is 31.2 Å². The van der Waals surface area contributed by atoms with Gasteiger partial charge in [-0.3, -0.25) is 4.79 Å². The maximum atomic E-state index is 11.9. The summed E-state index contributed by atoms with van der Waals surface area (Å²) in [4.78, 5) is 13.9. The normalized spacial score (nSPS) is 19.8. The molecule has 0 aromatic rings. The number of likely N-dealkylation sites (tertiary alicyclic amines) is 1. The van der Waals surface area contributed by atoms with Gasteiger partial charge in [-0.2, -0.15) is 0 Å². The van der Waals surface area contributed by atoms with Crippen LogP contribution in [0.2, 0.25) is 0 Å². The number of nitrogens with two attached hydrogens (primary N) is 1. The van der Waals surface area contributed by atoms with Crippen molar-refractivity contribution >= 4 is 5.91 Å². The Morgan fingerprint density at radius 1 is 1.50 bits per heavy atom. The highest BCUT2D eigenvalue weighted by atomic mass is 16.3. The molecule has 0 bridgehead atoms. The molecule has 0 aliphatic carbocycles. The van der Waals surface area contributed by atoms with Crippen LogP contribution in [0.15, 0.2) is 0 Å². The summed E-state index contributed by atoms with van der Waals surface area (Å²) in [5.41, 5.74) is 5.60. The van der Waals surface area contributed by atoms with Crippen LogP contribution < -0.4 is 5.73 Å². The van der Waals surface area contributed by atoms with E-state index in [1.165, 1.54) is 0 Å². The van der Waals surface area contributed by atoms with Gasteiger partial charge in [0.05, 0.1) is 0 Å². The third kappa shape index (κ3) is 3.76. The third-order valence-corrected chi connectivity index (χ3v) is 3.60. The predicted octanol–water partition coefficient (Wildman–Crippen LogP) is 0.592. The smallest absolute Gasteiger partial charge is 0.222 e. The first kappa shape index (κ1) is 13.5. The molecule has 0 aromatic heterocycles. The van der Waals surface area contributed by atoms with Gasteiger partial charge >= 0.3 is 0 Å². The van der Waals surface area contributed by atoms with Gasteiger partial charge in [0, 0.05) is 26.1 Å². The van der Waals surface area contributed by atoms with Gasteiger partial charge < -0.3 is 15.7 Å². The molecule has 1 aliphatic heterocycles. The zero-order chi connectivity index (χ0) is 12.0. The van der Waals surface area contributed by atoms with Crippen molar-refractivity contribution in [3.8, 4) is 0 Å². The zero-order valence-corrected chi connectivity index (χ0v) is 10.2. The molecule has 0 aromatic carbocycles. The number of aliphatic hydroxyl groups is 1. The molecular formula is C12H24N2O2. The highest BCUT2D eigenvalue weighted by Gasteiger charge is 2.23. The molecule has 1 rings (SSSR count). The molecular weight excluding hydrogens is 204 g/mol. The first-order valence-corrected chi connectivity index (χ1v) is 6.29. The summed E-state index contributed by atoms with van der Waals surface area (Å²) in [5, 5.41) is 9.02. The van der Waals surface area contributed by atoms with Crippen molar-refractivity contribution in [2.45, 2.75) is 32.6 Å². The van der Waals surface area contributed by atoms with Crippen molar-refractivity contribution in [3.63, 3.8) is 0 Å². The lowest BCUT2D eigenvalue weighted by Crippen LogP contribution is -2.40. The summed E-state index contributed by atoms with van der Waals surface area (Å²) in [5.74, 6) is 0.942. The maximum Gasteiger partial charge on any atom is 0.222 e. The van der Waals surface area contributed by atoms with Gasteiger partial charge in [0.1, 0.15) is 0 Å². The van der Waals surface area contributed by atoms with Crippen molar-refractivity contribution in [3.05, 3.63) is 0 Å². The van der Waals surface area contributed by atoms with Crippen molar-refractivity contribution in [2.75, 3.05) is 26.2 Å². The lowest BCUT2D eigenvalue weighted by atomic mass is 9.96. The van der Waals surface area contributed by atoms with Crippen molar-refractivity contribution in [1.29, 1.82) is 0 Å². The third-order valence-electron chi connectivity index (χ3n) is 3.60. The Kier molecular flexibility index (Phi) is 5.77. The first-order valence-electron chi connectivity index (χ1n) is 6.29. The topological polar surface area (TPSA) is 66.6 Å². The van der Waals surface area contributed by atoms with Crippen LogP contribution in [0, 0.1) is 11.8 Å². The van der Waals surface area contributed by atoms with Gasteiger partial charge in [-0.1, -0.05) is 13.3 Å². The van der Waals surface area contributed by atoms with E-state index >= 15 is 0 Å². The quantitative estimate of drug-likeness (QED) is 0.724. The first-order chi connectivity index (χ1) is 7.71. The van der Waals surface area contributed by atoms with Gasteiger partial charge in [0.25, 0.3) is 0 Å². The van der Waals surface area contributed by atoms with Crippen LogP contribution in [0.4, 0.5) is 0 Å². The molecule has 4 heteroatoms. The highest BCUT2D eigenvalue weighted by Crippen LogP contribution is 2.18. The zero-order valence-electron chi connectivity index (χ0n) is 10.2. The van der Waals surface area contributed by atoms with Crippen molar-refractivity contribution in [1.82, 2.24) is 4.90 Å². The summed E-state index contributed by atoms with van der Waals surface area (Å²) in [6.07, 6.45) is 3.41. The minimum Gasteiger partial charge on any atom is -0.396 e. The monoisotopic (exact) mass is 228 g/mol. The van der Waals surface area contributed by atoms with Crippen LogP contribution in [-0.4, -0.2) is 42.2 Å². The Bertz CT molecular complexity index is 209. The number of carbonyl (C=O) groups excluding carboxylic acids is 1. The Balaban J connectivity index is 2.32. The minimum atomic E-state index is 0.230. The molecule has 4 nitrogen and oxygen atoms in total. The standard InChI is InChI=1S/C12H24N2O2/c1-2-10(8-13)7-12(16)14-5-3-11(9-15)4-6-14/h10-11,15H,2-9,13H2,1H3. The number of aliphatic hydroxyl groups excluding tert-OH is 1.